The third-order valence-corrected chi connectivity index (χ3v) is 7.50. The molecule has 0 aliphatic carbocycles. The molecule has 4 aromatic rings. The van der Waals surface area contributed by atoms with Crippen LogP contribution in [0, 0.1) is 13.8 Å². The molecule has 1 aromatic carbocycles. The first-order valence-corrected chi connectivity index (χ1v) is 12.4. The minimum Gasteiger partial charge on any atom is -0.334 e. The maximum atomic E-state index is 13.4. The highest BCUT2D eigenvalue weighted by Gasteiger charge is 2.24. The van der Waals surface area contributed by atoms with Crippen molar-refractivity contribution >= 4 is 33.1 Å². The van der Waals surface area contributed by atoms with E-state index in [9.17, 15) is 9.59 Å². The quantitative estimate of drug-likeness (QED) is 0.432. The Bertz CT molecular complexity index is 1460. The average molecular weight is 478 g/mol. The van der Waals surface area contributed by atoms with Gasteiger partial charge in [-0.3, -0.25) is 14.2 Å². The van der Waals surface area contributed by atoms with E-state index < -0.39 is 0 Å². The SMILES string of the molecule is Cc1cccc(-c2nc(C(C)C)no2)c1NC(=O)c1sc2nc3n(c(=O)c2c1C)CCCCC3. The van der Waals surface area contributed by atoms with Crippen LogP contribution in [0.4, 0.5) is 5.69 Å². The fraction of sp³-hybridized carbons (Fsp3) is 0.400. The van der Waals surface area contributed by atoms with E-state index in [1.807, 2.05) is 45.9 Å². The standard InChI is InChI=1S/C25H27N5O3S/c1-13(2)21-28-23(33-29-21)16-10-8-9-14(3)19(16)27-22(31)20-15(4)18-24(34-20)26-17-11-6-5-7-12-30(17)25(18)32/h8-10,13H,5-7,11-12H2,1-4H3,(H,27,31). The van der Waals surface area contributed by atoms with Gasteiger partial charge in [-0.2, -0.15) is 4.98 Å². The summed E-state index contributed by atoms with van der Waals surface area (Å²) < 4.78 is 7.28. The lowest BCUT2D eigenvalue weighted by molar-refractivity contribution is 0.103. The number of hydrogen-bond acceptors (Lipinski definition) is 7. The second-order valence-electron chi connectivity index (χ2n) is 9.10. The molecule has 4 heterocycles. The fourth-order valence-electron chi connectivity index (χ4n) is 4.39. The van der Waals surface area contributed by atoms with Crippen molar-refractivity contribution in [1.82, 2.24) is 19.7 Å². The number of benzene rings is 1. The van der Waals surface area contributed by atoms with Gasteiger partial charge in [-0.05, 0) is 43.9 Å². The Hall–Kier alpha value is -3.33. The number of rotatable bonds is 4. The zero-order valence-electron chi connectivity index (χ0n) is 19.8. The number of para-hydroxylation sites is 1. The van der Waals surface area contributed by atoms with Crippen LogP contribution < -0.4 is 10.9 Å². The van der Waals surface area contributed by atoms with Crippen LogP contribution in [0.25, 0.3) is 21.7 Å². The first kappa shape index (κ1) is 22.5. The number of anilines is 1. The molecule has 0 saturated carbocycles. The number of thiophene rings is 1. The van der Waals surface area contributed by atoms with Crippen LogP contribution in [0.5, 0.6) is 0 Å². The maximum absolute atomic E-state index is 13.4. The first-order valence-electron chi connectivity index (χ1n) is 11.6. The summed E-state index contributed by atoms with van der Waals surface area (Å²) in [7, 11) is 0. The summed E-state index contributed by atoms with van der Waals surface area (Å²) >= 11 is 1.27. The van der Waals surface area contributed by atoms with Crippen LogP contribution in [0.1, 0.15) is 71.5 Å². The van der Waals surface area contributed by atoms with Crippen molar-refractivity contribution in [3.8, 4) is 11.5 Å². The second kappa shape index (κ2) is 8.79. The van der Waals surface area contributed by atoms with Crippen molar-refractivity contribution in [2.24, 2.45) is 0 Å². The minimum absolute atomic E-state index is 0.0432. The molecule has 5 rings (SSSR count). The summed E-state index contributed by atoms with van der Waals surface area (Å²) in [5, 5.41) is 7.64. The van der Waals surface area contributed by atoms with Crippen LogP contribution in [-0.4, -0.2) is 25.6 Å². The number of carbonyl (C=O) groups is 1. The van der Waals surface area contributed by atoms with Crippen LogP contribution >= 0.6 is 11.3 Å². The van der Waals surface area contributed by atoms with Crippen LogP contribution in [0.3, 0.4) is 0 Å². The van der Waals surface area contributed by atoms with Gasteiger partial charge in [-0.15, -0.1) is 11.3 Å². The molecule has 34 heavy (non-hydrogen) atoms. The Morgan fingerprint density at radius 2 is 2.00 bits per heavy atom. The number of hydrogen-bond donors (Lipinski definition) is 1. The van der Waals surface area contributed by atoms with E-state index >= 15 is 0 Å². The van der Waals surface area contributed by atoms with E-state index in [2.05, 4.69) is 15.5 Å². The first-order chi connectivity index (χ1) is 16.3. The molecule has 0 spiro atoms. The molecular weight excluding hydrogens is 450 g/mol. The third-order valence-electron chi connectivity index (χ3n) is 6.32. The molecule has 9 heteroatoms. The largest absolute Gasteiger partial charge is 0.334 e. The Balaban J connectivity index is 1.54. The average Bonchev–Trinajstić information content (AvgIpc) is 3.34. The van der Waals surface area contributed by atoms with Crippen LogP contribution in [-0.2, 0) is 13.0 Å². The molecule has 1 N–H and O–H groups in total. The van der Waals surface area contributed by atoms with Gasteiger partial charge in [-0.1, -0.05) is 37.6 Å². The zero-order valence-corrected chi connectivity index (χ0v) is 20.6. The van der Waals surface area contributed by atoms with Gasteiger partial charge in [0, 0.05) is 18.9 Å². The highest BCUT2D eigenvalue weighted by atomic mass is 32.1. The van der Waals surface area contributed by atoms with Crippen molar-refractivity contribution in [2.75, 3.05) is 5.32 Å². The Morgan fingerprint density at radius 1 is 1.18 bits per heavy atom. The van der Waals surface area contributed by atoms with Crippen LogP contribution in [0.15, 0.2) is 27.5 Å². The molecule has 0 unspecified atom stereocenters. The molecule has 3 aromatic heterocycles. The molecule has 1 aliphatic rings. The number of amides is 1. The molecule has 0 atom stereocenters. The molecule has 1 aliphatic heterocycles. The number of aryl methyl sites for hydroxylation is 3. The Morgan fingerprint density at radius 3 is 2.76 bits per heavy atom. The normalized spacial score (nSPS) is 13.8. The molecular formula is C25H27N5O3S. The number of fused-ring (bicyclic) bond motifs is 2. The zero-order chi connectivity index (χ0) is 24.0. The van der Waals surface area contributed by atoms with Gasteiger partial charge in [0.2, 0.25) is 0 Å². The lowest BCUT2D eigenvalue weighted by atomic mass is 10.1. The van der Waals surface area contributed by atoms with E-state index in [-0.39, 0.29) is 17.4 Å². The molecule has 1 amide bonds. The van der Waals surface area contributed by atoms with Gasteiger partial charge in [0.1, 0.15) is 10.7 Å². The van der Waals surface area contributed by atoms with Crippen molar-refractivity contribution in [1.29, 1.82) is 0 Å². The van der Waals surface area contributed by atoms with Crippen molar-refractivity contribution < 1.29 is 9.32 Å². The summed E-state index contributed by atoms with van der Waals surface area (Å²) in [6.45, 7) is 8.42. The Kier molecular flexibility index (Phi) is 5.81. The molecule has 0 radical (unpaired) electrons. The Labute approximate surface area is 201 Å². The van der Waals surface area contributed by atoms with E-state index in [4.69, 9.17) is 9.51 Å². The van der Waals surface area contributed by atoms with Gasteiger partial charge >= 0.3 is 0 Å². The van der Waals surface area contributed by atoms with Gasteiger partial charge in [-0.25, -0.2) is 4.98 Å². The molecule has 0 saturated heterocycles. The number of aromatic nitrogens is 4. The third kappa shape index (κ3) is 3.83. The smallest absolute Gasteiger partial charge is 0.266 e. The van der Waals surface area contributed by atoms with Crippen molar-refractivity contribution in [3.63, 3.8) is 0 Å². The van der Waals surface area contributed by atoms with E-state index in [1.54, 1.807) is 4.57 Å². The van der Waals surface area contributed by atoms with E-state index in [1.165, 1.54) is 11.3 Å². The number of carbonyl (C=O) groups excluding carboxylic acids is 1. The minimum atomic E-state index is -0.278. The molecule has 8 nitrogen and oxygen atoms in total. The predicted octanol–water partition coefficient (Wildman–Crippen LogP) is 5.23. The summed E-state index contributed by atoms with van der Waals surface area (Å²) in [6, 6.07) is 5.66. The number of nitrogens with zero attached hydrogens (tertiary/aromatic N) is 4. The van der Waals surface area contributed by atoms with E-state index in [0.717, 1.165) is 37.1 Å². The topological polar surface area (TPSA) is 103 Å². The summed E-state index contributed by atoms with van der Waals surface area (Å²) in [6.07, 6.45) is 3.89. The summed E-state index contributed by atoms with van der Waals surface area (Å²) in [5.41, 5.74) is 2.78. The fourth-order valence-corrected chi connectivity index (χ4v) is 5.47. The highest BCUT2D eigenvalue weighted by molar-refractivity contribution is 7.20. The van der Waals surface area contributed by atoms with Crippen LogP contribution in [0.2, 0.25) is 0 Å². The highest BCUT2D eigenvalue weighted by Crippen LogP contribution is 2.33. The lowest BCUT2D eigenvalue weighted by Gasteiger charge is -2.11. The summed E-state index contributed by atoms with van der Waals surface area (Å²) in [4.78, 5) is 37.1. The predicted molar refractivity (Wildman–Crippen MR) is 133 cm³/mol. The van der Waals surface area contributed by atoms with Crippen molar-refractivity contribution in [3.05, 3.63) is 56.2 Å². The lowest BCUT2D eigenvalue weighted by Crippen LogP contribution is -2.24. The molecule has 176 valence electrons. The maximum Gasteiger partial charge on any atom is 0.266 e. The van der Waals surface area contributed by atoms with E-state index in [0.29, 0.717) is 50.2 Å². The number of nitrogens with one attached hydrogen (secondary N) is 1. The van der Waals surface area contributed by atoms with Crippen molar-refractivity contribution in [2.45, 2.75) is 65.8 Å². The molecule has 0 fully saturated rings. The van der Waals surface area contributed by atoms with Gasteiger partial charge in [0.25, 0.3) is 17.4 Å². The second-order valence-corrected chi connectivity index (χ2v) is 10.1. The monoisotopic (exact) mass is 477 g/mol. The van der Waals surface area contributed by atoms with Gasteiger partial charge < -0.3 is 9.84 Å². The van der Waals surface area contributed by atoms with Gasteiger partial charge in [0.05, 0.1) is 21.5 Å². The molecule has 0 bridgehead atoms. The van der Waals surface area contributed by atoms with Gasteiger partial charge in [0.15, 0.2) is 5.82 Å². The summed E-state index contributed by atoms with van der Waals surface area (Å²) in [5.74, 6) is 1.64.